The molecule has 265 valence electrons. The van der Waals surface area contributed by atoms with Crippen molar-refractivity contribution in [2.45, 2.75) is 84.7 Å². The quantitative estimate of drug-likeness (QED) is 0.195. The van der Waals surface area contributed by atoms with Crippen LogP contribution < -0.4 is 10.2 Å². The number of aromatic hydroxyl groups is 2. The van der Waals surface area contributed by atoms with Crippen molar-refractivity contribution >= 4 is 24.4 Å². The van der Waals surface area contributed by atoms with Crippen molar-refractivity contribution in [3.8, 4) is 33.8 Å². The third-order valence-electron chi connectivity index (χ3n) is 8.02. The molecule has 1 radical (unpaired) electrons. The fourth-order valence-electron chi connectivity index (χ4n) is 5.61. The zero-order valence-corrected chi connectivity index (χ0v) is 30.5. The minimum atomic E-state index is -1.08. The number of carbonyl (C=O) groups is 2. The Hall–Kier alpha value is -4.73. The molecular formula is C41H46CoN2O6. The molecule has 4 aromatic rings. The Morgan fingerprint density at radius 1 is 0.640 bits per heavy atom. The molecule has 0 amide bonds. The number of carbonyl (C=O) groups excluding carboxylic acids is 2. The summed E-state index contributed by atoms with van der Waals surface area (Å²) < 4.78 is 0. The van der Waals surface area contributed by atoms with Gasteiger partial charge >= 0.3 is 16.8 Å². The normalized spacial score (nSPS) is 15.3. The van der Waals surface area contributed by atoms with E-state index < -0.39 is 11.9 Å². The van der Waals surface area contributed by atoms with E-state index in [9.17, 15) is 10.2 Å². The molecule has 9 heteroatoms. The van der Waals surface area contributed by atoms with Crippen molar-refractivity contribution in [3.63, 3.8) is 0 Å². The summed E-state index contributed by atoms with van der Waals surface area (Å²) in [5.41, 5.74) is 7.79. The first kappa shape index (κ1) is 41.4. The van der Waals surface area contributed by atoms with Crippen molar-refractivity contribution in [1.82, 2.24) is 0 Å². The second-order valence-electron chi connectivity index (χ2n) is 12.7. The fourth-order valence-corrected chi connectivity index (χ4v) is 5.61. The molecule has 0 aliphatic heterocycles. The van der Waals surface area contributed by atoms with E-state index in [1.54, 1.807) is 0 Å². The Morgan fingerprint density at radius 3 is 1.26 bits per heavy atom. The SMILES string of the molecule is CC(=O)[O-].CC(=O)[O-].CC(C)c1cc(-c2ccccc2)cc(C=NC2CCC(N=Cc3cc(-c4ccccc4)cc(C(C)C)c3O)C2)c1O.[Co+2]. The van der Waals surface area contributed by atoms with Crippen LogP contribution in [0.3, 0.4) is 0 Å². The maximum absolute atomic E-state index is 11.0. The number of hydrogen-bond donors (Lipinski definition) is 2. The maximum Gasteiger partial charge on any atom is 2.00 e. The number of aliphatic carboxylic acids is 2. The van der Waals surface area contributed by atoms with E-state index >= 15 is 0 Å². The van der Waals surface area contributed by atoms with Gasteiger partial charge in [-0.1, -0.05) is 88.4 Å². The number of carboxylic acid groups (broad SMARTS) is 2. The van der Waals surface area contributed by atoms with Gasteiger partial charge < -0.3 is 30.0 Å². The molecule has 1 saturated carbocycles. The molecule has 0 bridgehead atoms. The Morgan fingerprint density at radius 2 is 0.960 bits per heavy atom. The van der Waals surface area contributed by atoms with Crippen molar-refractivity contribution in [1.29, 1.82) is 0 Å². The van der Waals surface area contributed by atoms with E-state index in [-0.39, 0.29) is 40.7 Å². The van der Waals surface area contributed by atoms with E-state index in [1.165, 1.54) is 0 Å². The second-order valence-corrected chi connectivity index (χ2v) is 12.7. The van der Waals surface area contributed by atoms with Crippen LogP contribution in [0.5, 0.6) is 11.5 Å². The molecule has 1 fully saturated rings. The van der Waals surface area contributed by atoms with E-state index in [0.717, 1.165) is 77.6 Å². The van der Waals surface area contributed by atoms with Gasteiger partial charge in [-0.05, 0) is 103 Å². The Kier molecular flexibility index (Phi) is 16.6. The molecule has 50 heavy (non-hydrogen) atoms. The van der Waals surface area contributed by atoms with Crippen molar-refractivity contribution in [3.05, 3.63) is 107 Å². The van der Waals surface area contributed by atoms with E-state index in [2.05, 4.69) is 64.1 Å². The van der Waals surface area contributed by atoms with E-state index in [0.29, 0.717) is 11.5 Å². The molecule has 4 aromatic carbocycles. The number of aliphatic imine (C=N–C) groups is 2. The predicted octanol–water partition coefficient (Wildman–Crippen LogP) is 6.65. The Bertz CT molecular complexity index is 1620. The van der Waals surface area contributed by atoms with Crippen molar-refractivity contribution in [2.24, 2.45) is 9.98 Å². The molecule has 5 rings (SSSR count). The second kappa shape index (κ2) is 20.1. The molecule has 0 spiro atoms. The fraction of sp³-hybridized carbons (Fsp3) is 0.317. The van der Waals surface area contributed by atoms with Crippen LogP contribution in [-0.2, 0) is 26.4 Å². The summed E-state index contributed by atoms with van der Waals surface area (Å²) in [5, 5.41) is 39.8. The van der Waals surface area contributed by atoms with E-state index in [4.69, 9.17) is 29.8 Å². The number of carboxylic acids is 2. The van der Waals surface area contributed by atoms with Gasteiger partial charge in [0.05, 0.1) is 12.1 Å². The van der Waals surface area contributed by atoms with Gasteiger partial charge in [-0.25, -0.2) is 0 Å². The van der Waals surface area contributed by atoms with Crippen LogP contribution in [0.1, 0.15) is 94.9 Å². The number of phenols is 2. The van der Waals surface area contributed by atoms with Gasteiger partial charge in [0, 0.05) is 35.5 Å². The molecular weight excluding hydrogens is 675 g/mol. The van der Waals surface area contributed by atoms with Crippen LogP contribution in [0, 0.1) is 0 Å². The first-order chi connectivity index (χ1) is 23.3. The summed E-state index contributed by atoms with van der Waals surface area (Å²) >= 11 is 0. The standard InChI is InChI=1S/C37H40N2O2.2C2H4O2.Co/c1-24(2)34-19-28(26-11-7-5-8-12-26)17-30(36(34)40)22-38-32-15-16-33(21-32)39-23-31-18-29(27-13-9-6-10-14-27)20-35(25(3)4)37(31)41;2*1-2(3)4;/h5-14,17-20,22-25,32-33,40-41H,15-16,21H2,1-4H3;2*1H3,(H,3,4);/q;;;+2/p-2. The number of benzene rings is 4. The number of phenolic OH excluding ortho intramolecular Hbond substituents is 2. The van der Waals surface area contributed by atoms with Crippen LogP contribution in [0.25, 0.3) is 22.3 Å². The van der Waals surface area contributed by atoms with Crippen LogP contribution in [-0.4, -0.2) is 46.7 Å². The van der Waals surface area contributed by atoms with E-state index in [1.807, 2.05) is 61.0 Å². The third-order valence-corrected chi connectivity index (χ3v) is 8.02. The van der Waals surface area contributed by atoms with Crippen LogP contribution in [0.2, 0.25) is 0 Å². The first-order valence-corrected chi connectivity index (χ1v) is 16.5. The molecule has 2 unspecified atom stereocenters. The monoisotopic (exact) mass is 721 g/mol. The van der Waals surface area contributed by atoms with Crippen molar-refractivity contribution < 1.29 is 46.8 Å². The summed E-state index contributed by atoms with van der Waals surface area (Å²) in [5.74, 6) is -1.15. The van der Waals surface area contributed by atoms with Crippen molar-refractivity contribution in [2.75, 3.05) is 0 Å². The topological polar surface area (TPSA) is 145 Å². The van der Waals surface area contributed by atoms with Gasteiger partial charge in [-0.15, -0.1) is 0 Å². The third kappa shape index (κ3) is 12.6. The van der Waals surface area contributed by atoms with Gasteiger partial charge in [0.1, 0.15) is 11.5 Å². The van der Waals surface area contributed by atoms with Gasteiger partial charge in [0.25, 0.3) is 0 Å². The molecule has 2 N–H and O–H groups in total. The minimum Gasteiger partial charge on any atom is -0.550 e. The summed E-state index contributed by atoms with van der Waals surface area (Å²) in [7, 11) is 0. The average Bonchev–Trinajstić information content (AvgIpc) is 3.51. The molecule has 0 aromatic heterocycles. The maximum atomic E-state index is 11.0. The Balaban J connectivity index is 0.000000872. The largest absolute Gasteiger partial charge is 2.00 e. The summed E-state index contributed by atoms with van der Waals surface area (Å²) in [4.78, 5) is 27.6. The smallest absolute Gasteiger partial charge is 0.550 e. The van der Waals surface area contributed by atoms with Gasteiger partial charge in [0.2, 0.25) is 0 Å². The zero-order valence-electron chi connectivity index (χ0n) is 29.4. The molecule has 0 saturated heterocycles. The molecule has 1 aliphatic carbocycles. The Labute approximate surface area is 305 Å². The van der Waals surface area contributed by atoms with Crippen LogP contribution >= 0.6 is 0 Å². The van der Waals surface area contributed by atoms with Gasteiger partial charge in [0.15, 0.2) is 0 Å². The summed E-state index contributed by atoms with van der Waals surface area (Å²) in [6, 6.07) is 29.0. The van der Waals surface area contributed by atoms with Gasteiger partial charge in [-0.2, -0.15) is 0 Å². The summed E-state index contributed by atoms with van der Waals surface area (Å²) in [6.07, 6.45) is 6.42. The van der Waals surface area contributed by atoms with Crippen LogP contribution in [0.4, 0.5) is 0 Å². The number of hydrogen-bond acceptors (Lipinski definition) is 8. The molecule has 1 aliphatic rings. The predicted molar refractivity (Wildman–Crippen MR) is 193 cm³/mol. The minimum absolute atomic E-state index is 0. The van der Waals surface area contributed by atoms with Crippen LogP contribution in [0.15, 0.2) is 94.9 Å². The molecule has 0 heterocycles. The molecule has 8 nitrogen and oxygen atoms in total. The number of rotatable bonds is 8. The summed E-state index contributed by atoms with van der Waals surface area (Å²) in [6.45, 7) is 10.3. The molecule has 2 atom stereocenters. The number of nitrogens with zero attached hydrogens (tertiary/aromatic N) is 2. The first-order valence-electron chi connectivity index (χ1n) is 16.5. The zero-order chi connectivity index (χ0) is 36.1. The average molecular weight is 722 g/mol. The van der Waals surface area contributed by atoms with Gasteiger partial charge in [-0.3, -0.25) is 9.98 Å².